The van der Waals surface area contributed by atoms with E-state index in [0.29, 0.717) is 11.3 Å². The third-order valence-corrected chi connectivity index (χ3v) is 7.07. The van der Waals surface area contributed by atoms with Crippen LogP contribution in [0, 0.1) is 15.5 Å². The SMILES string of the molecule is CS(=O)(=O)C1=NN2C(=N)/C(=C/c3ccc(OCc4ccc([N+](=O)[O-])cc4)cc3)C(=O)N=C2S1. The first-order valence-electron chi connectivity index (χ1n) is 9.28. The van der Waals surface area contributed by atoms with Crippen molar-refractivity contribution in [1.82, 2.24) is 5.01 Å². The zero-order valence-corrected chi connectivity index (χ0v) is 18.6. The minimum Gasteiger partial charge on any atom is -0.489 e. The summed E-state index contributed by atoms with van der Waals surface area (Å²) in [6.07, 6.45) is 2.45. The molecule has 11 nitrogen and oxygen atoms in total. The van der Waals surface area contributed by atoms with Crippen LogP contribution in [0.25, 0.3) is 6.08 Å². The average molecular weight is 486 g/mol. The molecule has 13 heteroatoms. The first kappa shape index (κ1) is 22.4. The van der Waals surface area contributed by atoms with Gasteiger partial charge in [-0.3, -0.25) is 20.3 Å². The van der Waals surface area contributed by atoms with E-state index in [4.69, 9.17) is 10.1 Å². The summed E-state index contributed by atoms with van der Waals surface area (Å²) in [6.45, 7) is 0.215. The standard InChI is InChI=1S/C20H15N5O6S2/c1-33(29,30)20-23-24-17(21)16(18(26)22-19(24)32-20)10-12-4-8-15(9-5-12)31-11-13-2-6-14(7-3-13)25(27)28/h2-10,21H,11H2,1H3/b16-10-,21-17?. The summed E-state index contributed by atoms with van der Waals surface area (Å²) in [5.74, 6) is -0.393. The number of fused-ring (bicyclic) bond motifs is 1. The molecule has 4 rings (SSSR count). The van der Waals surface area contributed by atoms with Crippen LogP contribution in [-0.2, 0) is 21.2 Å². The van der Waals surface area contributed by atoms with Crippen LogP contribution in [0.1, 0.15) is 11.1 Å². The lowest BCUT2D eigenvalue weighted by molar-refractivity contribution is -0.384. The third-order valence-electron chi connectivity index (χ3n) is 4.50. The molecule has 0 aromatic heterocycles. The quantitative estimate of drug-likeness (QED) is 0.385. The topological polar surface area (TPSA) is 155 Å². The van der Waals surface area contributed by atoms with Gasteiger partial charge >= 0.3 is 0 Å². The zero-order valence-electron chi connectivity index (χ0n) is 17.0. The number of hydrogen-bond acceptors (Lipinski definition) is 9. The lowest BCUT2D eigenvalue weighted by atomic mass is 10.1. The lowest BCUT2D eigenvalue weighted by Gasteiger charge is -2.20. The highest BCUT2D eigenvalue weighted by Gasteiger charge is 2.38. The molecular formula is C20H15N5O6S2. The molecule has 0 saturated heterocycles. The van der Waals surface area contributed by atoms with E-state index in [9.17, 15) is 23.3 Å². The molecule has 0 saturated carbocycles. The fourth-order valence-corrected chi connectivity index (χ4v) is 4.52. The largest absolute Gasteiger partial charge is 0.489 e. The maximum atomic E-state index is 12.4. The molecule has 168 valence electrons. The van der Waals surface area contributed by atoms with Crippen LogP contribution in [0.15, 0.2) is 64.2 Å². The van der Waals surface area contributed by atoms with Gasteiger partial charge in [-0.1, -0.05) is 12.1 Å². The van der Waals surface area contributed by atoms with Crippen LogP contribution < -0.4 is 4.74 Å². The number of nitrogens with zero attached hydrogens (tertiary/aromatic N) is 4. The first-order chi connectivity index (χ1) is 15.6. The molecule has 33 heavy (non-hydrogen) atoms. The number of aliphatic imine (C=N–C) groups is 1. The molecule has 2 aliphatic heterocycles. The maximum absolute atomic E-state index is 12.4. The van der Waals surface area contributed by atoms with Crippen molar-refractivity contribution >= 4 is 54.6 Å². The van der Waals surface area contributed by atoms with Gasteiger partial charge in [0.05, 0.1) is 10.5 Å². The second-order valence-electron chi connectivity index (χ2n) is 6.94. The molecule has 2 heterocycles. The Balaban J connectivity index is 1.46. The molecule has 2 aliphatic rings. The molecule has 0 atom stereocenters. The van der Waals surface area contributed by atoms with Crippen molar-refractivity contribution in [2.75, 3.05) is 6.26 Å². The molecule has 2 aromatic carbocycles. The monoisotopic (exact) mass is 485 g/mol. The van der Waals surface area contributed by atoms with E-state index in [0.717, 1.165) is 28.6 Å². The average Bonchev–Trinajstić information content (AvgIpc) is 3.21. The normalized spacial score (nSPS) is 17.0. The van der Waals surface area contributed by atoms with Gasteiger partial charge < -0.3 is 4.74 Å². The van der Waals surface area contributed by atoms with Crippen molar-refractivity contribution in [3.05, 3.63) is 75.3 Å². The summed E-state index contributed by atoms with van der Waals surface area (Å²) in [6, 6.07) is 12.7. The Bertz CT molecular complexity index is 1360. The number of sulfone groups is 1. The molecule has 1 amide bonds. The molecular weight excluding hydrogens is 470 g/mol. The highest BCUT2D eigenvalue weighted by Crippen LogP contribution is 2.30. The molecule has 0 bridgehead atoms. The Morgan fingerprint density at radius 1 is 1.18 bits per heavy atom. The number of thioether (sulfide) groups is 1. The van der Waals surface area contributed by atoms with E-state index in [1.165, 1.54) is 18.2 Å². The van der Waals surface area contributed by atoms with Gasteiger partial charge in [0.25, 0.3) is 11.6 Å². The number of amides is 1. The Hall–Kier alpha value is -3.84. The van der Waals surface area contributed by atoms with Crippen molar-refractivity contribution in [2.45, 2.75) is 6.61 Å². The second kappa shape index (κ2) is 8.60. The van der Waals surface area contributed by atoms with Crippen molar-refractivity contribution in [3.63, 3.8) is 0 Å². The van der Waals surface area contributed by atoms with Crippen LogP contribution in [0.3, 0.4) is 0 Å². The molecule has 0 aliphatic carbocycles. The number of carbonyl (C=O) groups is 1. The smallest absolute Gasteiger partial charge is 0.283 e. The number of non-ortho nitro benzene ring substituents is 1. The van der Waals surface area contributed by atoms with E-state index in [1.807, 2.05) is 0 Å². The number of hydrogen-bond donors (Lipinski definition) is 1. The predicted molar refractivity (Wildman–Crippen MR) is 124 cm³/mol. The van der Waals surface area contributed by atoms with Gasteiger partial charge in [0.2, 0.25) is 19.4 Å². The highest BCUT2D eigenvalue weighted by atomic mass is 32.3. The number of nitro benzene ring substituents is 1. The molecule has 0 fully saturated rings. The van der Waals surface area contributed by atoms with Gasteiger partial charge in [0, 0.05) is 18.4 Å². The van der Waals surface area contributed by atoms with E-state index < -0.39 is 20.7 Å². The van der Waals surface area contributed by atoms with Gasteiger partial charge in [-0.15, -0.1) is 5.10 Å². The minimum atomic E-state index is -3.60. The summed E-state index contributed by atoms with van der Waals surface area (Å²) in [7, 11) is -3.60. The van der Waals surface area contributed by atoms with Crippen molar-refractivity contribution in [2.24, 2.45) is 10.1 Å². The summed E-state index contributed by atoms with van der Waals surface area (Å²) in [5, 5.41) is 23.9. The Labute approximate surface area is 192 Å². The fourth-order valence-electron chi connectivity index (χ4n) is 2.83. The van der Waals surface area contributed by atoms with Crippen LogP contribution in [0.5, 0.6) is 5.75 Å². The lowest BCUT2D eigenvalue weighted by Crippen LogP contribution is -2.35. The van der Waals surface area contributed by atoms with Gasteiger partial charge in [-0.05, 0) is 53.2 Å². The van der Waals surface area contributed by atoms with E-state index in [1.54, 1.807) is 36.4 Å². The molecule has 2 aromatic rings. The summed E-state index contributed by atoms with van der Waals surface area (Å²) in [5.41, 5.74) is 1.33. The van der Waals surface area contributed by atoms with Gasteiger partial charge in [-0.2, -0.15) is 10.0 Å². The number of amidine groups is 2. The number of rotatable bonds is 5. The van der Waals surface area contributed by atoms with E-state index in [2.05, 4.69) is 10.1 Å². The number of carbonyl (C=O) groups excluding carboxylic acids is 1. The van der Waals surface area contributed by atoms with Gasteiger partial charge in [0.15, 0.2) is 5.84 Å². The van der Waals surface area contributed by atoms with Gasteiger partial charge in [0.1, 0.15) is 12.4 Å². The summed E-state index contributed by atoms with van der Waals surface area (Å²) < 4.78 is 28.9. The number of nitrogens with one attached hydrogen (secondary N) is 1. The Morgan fingerprint density at radius 2 is 1.85 bits per heavy atom. The van der Waals surface area contributed by atoms with Crippen LogP contribution in [0.4, 0.5) is 5.69 Å². The minimum absolute atomic E-state index is 0.00109. The maximum Gasteiger partial charge on any atom is 0.283 e. The van der Waals surface area contributed by atoms with Crippen molar-refractivity contribution in [1.29, 1.82) is 5.41 Å². The number of nitro groups is 1. The third kappa shape index (κ3) is 4.83. The van der Waals surface area contributed by atoms with Gasteiger partial charge in [-0.25, -0.2) is 8.42 Å². The molecule has 0 unspecified atom stereocenters. The number of benzene rings is 2. The molecule has 0 spiro atoms. The first-order valence-corrected chi connectivity index (χ1v) is 12.0. The van der Waals surface area contributed by atoms with Crippen LogP contribution >= 0.6 is 11.8 Å². The fraction of sp³-hybridized carbons (Fsp3) is 0.100. The predicted octanol–water partition coefficient (Wildman–Crippen LogP) is 2.80. The Kier molecular flexibility index (Phi) is 5.82. The zero-order chi connectivity index (χ0) is 23.8. The van der Waals surface area contributed by atoms with E-state index in [-0.39, 0.29) is 33.2 Å². The summed E-state index contributed by atoms with van der Waals surface area (Å²) >= 11 is 0.724. The second-order valence-corrected chi connectivity index (χ2v) is 10.1. The number of hydrazone groups is 1. The molecule has 0 radical (unpaired) electrons. The van der Waals surface area contributed by atoms with Crippen molar-refractivity contribution in [3.8, 4) is 5.75 Å². The summed E-state index contributed by atoms with van der Waals surface area (Å²) in [4.78, 5) is 26.5. The highest BCUT2D eigenvalue weighted by molar-refractivity contribution is 8.42. The van der Waals surface area contributed by atoms with Crippen molar-refractivity contribution < 1.29 is 22.9 Å². The molecule has 1 N–H and O–H groups in total. The number of ether oxygens (including phenoxy) is 1. The van der Waals surface area contributed by atoms with E-state index >= 15 is 0 Å². The van der Waals surface area contributed by atoms with Crippen LogP contribution in [0.2, 0.25) is 0 Å². The van der Waals surface area contributed by atoms with Crippen LogP contribution in [-0.4, -0.2) is 45.9 Å². The Morgan fingerprint density at radius 3 is 2.45 bits per heavy atom.